The van der Waals surface area contributed by atoms with E-state index in [-0.39, 0.29) is 0 Å². The molecule has 1 aliphatic rings. The molecule has 1 nitrogen and oxygen atoms in total. The van der Waals surface area contributed by atoms with Gasteiger partial charge in [0.05, 0.1) is 0 Å². The maximum absolute atomic E-state index is 11.2. The van der Waals surface area contributed by atoms with E-state index in [4.69, 9.17) is 0 Å². The number of carbonyl (C=O) groups is 1. The smallest absolute Gasteiger partial charge is 0.132 e. The van der Waals surface area contributed by atoms with Crippen LogP contribution in [0.5, 0.6) is 0 Å². The number of rotatable bonds is 3. The van der Waals surface area contributed by atoms with E-state index < -0.39 is 0 Å². The molecule has 1 saturated carbocycles. The second-order valence-corrected chi connectivity index (χ2v) is 5.09. The molecular formula is C11H18OS. The Morgan fingerprint density at radius 1 is 1.54 bits per heavy atom. The second kappa shape index (κ2) is 5.48. The van der Waals surface area contributed by atoms with Crippen LogP contribution in [0, 0.1) is 5.92 Å². The fourth-order valence-corrected chi connectivity index (χ4v) is 2.71. The van der Waals surface area contributed by atoms with E-state index in [1.165, 1.54) is 6.42 Å². The molecule has 0 amide bonds. The van der Waals surface area contributed by atoms with Gasteiger partial charge in [-0.15, -0.1) is 11.8 Å². The summed E-state index contributed by atoms with van der Waals surface area (Å²) in [5.41, 5.74) is 0. The first-order chi connectivity index (χ1) is 6.24. The van der Waals surface area contributed by atoms with Crippen LogP contribution in [0.25, 0.3) is 0 Å². The first-order valence-electron chi connectivity index (χ1n) is 5.02. The molecule has 0 heterocycles. The van der Waals surface area contributed by atoms with E-state index >= 15 is 0 Å². The van der Waals surface area contributed by atoms with Crippen molar-refractivity contribution in [3.63, 3.8) is 0 Å². The lowest BCUT2D eigenvalue weighted by atomic mass is 9.97. The third kappa shape index (κ3) is 3.55. The summed E-state index contributed by atoms with van der Waals surface area (Å²) in [7, 11) is 0. The zero-order valence-corrected chi connectivity index (χ0v) is 9.11. The van der Waals surface area contributed by atoms with Crippen LogP contribution < -0.4 is 0 Å². The van der Waals surface area contributed by atoms with Crippen LogP contribution in [-0.4, -0.2) is 11.0 Å². The van der Waals surface area contributed by atoms with Gasteiger partial charge in [0.15, 0.2) is 0 Å². The maximum atomic E-state index is 11.2. The van der Waals surface area contributed by atoms with Gasteiger partial charge in [0.2, 0.25) is 0 Å². The summed E-state index contributed by atoms with van der Waals surface area (Å²) >= 11 is 1.80. The topological polar surface area (TPSA) is 17.1 Å². The van der Waals surface area contributed by atoms with Crippen molar-refractivity contribution in [1.82, 2.24) is 0 Å². The van der Waals surface area contributed by atoms with Crippen molar-refractivity contribution >= 4 is 17.5 Å². The fraction of sp³-hybridized carbons (Fsp3) is 0.727. The zero-order valence-electron chi connectivity index (χ0n) is 8.29. The predicted molar refractivity (Wildman–Crippen MR) is 58.8 cm³/mol. The number of Topliss-reactive ketones (excluding diaryl/α,β-unsaturated/α-hetero) is 1. The number of carbonyl (C=O) groups excluding carboxylic acids is 1. The Labute approximate surface area is 85.0 Å². The minimum absolute atomic E-state index is 0.457. The fourth-order valence-electron chi connectivity index (χ4n) is 1.91. The molecule has 0 saturated heterocycles. The lowest BCUT2D eigenvalue weighted by Crippen LogP contribution is -2.12. The third-order valence-electron chi connectivity index (χ3n) is 2.80. The van der Waals surface area contributed by atoms with E-state index in [2.05, 4.69) is 13.5 Å². The maximum Gasteiger partial charge on any atom is 0.132 e. The molecule has 2 atom stereocenters. The molecule has 0 bridgehead atoms. The highest BCUT2D eigenvalue weighted by atomic mass is 32.2. The standard InChI is InChI=1S/C11H18OS/c1-3-13-9(2)10-5-4-6-11(12)8-7-10/h3,9-10H,1,4-8H2,2H3/t9-,10?/m0/s1. The Hall–Kier alpha value is -0.240. The molecule has 0 aromatic heterocycles. The summed E-state index contributed by atoms with van der Waals surface area (Å²) < 4.78 is 0. The summed E-state index contributed by atoms with van der Waals surface area (Å²) in [5.74, 6) is 1.17. The van der Waals surface area contributed by atoms with Gasteiger partial charge in [0.1, 0.15) is 5.78 Å². The molecule has 1 rings (SSSR count). The molecule has 0 aromatic rings. The lowest BCUT2D eigenvalue weighted by molar-refractivity contribution is -0.118. The van der Waals surface area contributed by atoms with Gasteiger partial charge >= 0.3 is 0 Å². The number of hydrogen-bond acceptors (Lipinski definition) is 2. The highest BCUT2D eigenvalue weighted by molar-refractivity contribution is 8.02. The van der Waals surface area contributed by atoms with Crippen molar-refractivity contribution in [2.45, 2.75) is 44.3 Å². The number of hydrogen-bond donors (Lipinski definition) is 0. The van der Waals surface area contributed by atoms with Gasteiger partial charge in [0.25, 0.3) is 0 Å². The van der Waals surface area contributed by atoms with Gasteiger partial charge in [0, 0.05) is 18.1 Å². The molecule has 13 heavy (non-hydrogen) atoms. The Balaban J connectivity index is 2.40. The van der Waals surface area contributed by atoms with Gasteiger partial charge in [-0.2, -0.15) is 0 Å². The molecular weight excluding hydrogens is 180 g/mol. The van der Waals surface area contributed by atoms with Crippen LogP contribution in [0.15, 0.2) is 12.0 Å². The van der Waals surface area contributed by atoms with Gasteiger partial charge in [-0.05, 0) is 30.6 Å². The minimum atomic E-state index is 0.457. The average Bonchev–Trinajstić information content (AvgIpc) is 2.30. The highest BCUT2D eigenvalue weighted by Gasteiger charge is 2.21. The summed E-state index contributed by atoms with van der Waals surface area (Å²) in [6.45, 7) is 5.97. The molecule has 2 heteroatoms. The van der Waals surface area contributed by atoms with Crippen molar-refractivity contribution in [2.24, 2.45) is 5.92 Å². The molecule has 0 aliphatic heterocycles. The van der Waals surface area contributed by atoms with Gasteiger partial charge in [-0.3, -0.25) is 4.79 Å². The van der Waals surface area contributed by atoms with E-state index in [1.54, 1.807) is 11.8 Å². The number of thioether (sulfide) groups is 1. The quantitative estimate of drug-likeness (QED) is 0.646. The van der Waals surface area contributed by atoms with Crippen LogP contribution >= 0.6 is 11.8 Å². The SMILES string of the molecule is C=CS[C@@H](C)C1CCCC(=O)CC1. The predicted octanol–water partition coefficient (Wildman–Crippen LogP) is 3.40. The molecule has 1 fully saturated rings. The van der Waals surface area contributed by atoms with Gasteiger partial charge in [-0.1, -0.05) is 13.5 Å². The summed E-state index contributed by atoms with van der Waals surface area (Å²) in [5, 5.41) is 2.54. The average molecular weight is 198 g/mol. The van der Waals surface area contributed by atoms with Crippen molar-refractivity contribution in [2.75, 3.05) is 0 Å². The number of ketones is 1. The Kier molecular flexibility index (Phi) is 4.57. The van der Waals surface area contributed by atoms with E-state index in [0.717, 1.165) is 31.6 Å². The monoisotopic (exact) mass is 198 g/mol. The molecule has 0 spiro atoms. The highest BCUT2D eigenvalue weighted by Crippen LogP contribution is 2.30. The molecule has 0 N–H and O–H groups in total. The van der Waals surface area contributed by atoms with Crippen molar-refractivity contribution in [3.8, 4) is 0 Å². The molecule has 0 radical (unpaired) electrons. The largest absolute Gasteiger partial charge is 0.300 e. The normalized spacial score (nSPS) is 26.5. The van der Waals surface area contributed by atoms with Crippen molar-refractivity contribution in [1.29, 1.82) is 0 Å². The Bertz CT molecular complexity index is 189. The van der Waals surface area contributed by atoms with Crippen molar-refractivity contribution < 1.29 is 4.79 Å². The van der Waals surface area contributed by atoms with Crippen LogP contribution in [-0.2, 0) is 4.79 Å². The first-order valence-corrected chi connectivity index (χ1v) is 5.96. The van der Waals surface area contributed by atoms with Crippen LogP contribution in [0.1, 0.15) is 39.0 Å². The third-order valence-corrected chi connectivity index (χ3v) is 3.81. The summed E-state index contributed by atoms with van der Waals surface area (Å²) in [6.07, 6.45) is 4.99. The zero-order chi connectivity index (χ0) is 9.68. The van der Waals surface area contributed by atoms with E-state index in [1.807, 2.05) is 5.41 Å². The van der Waals surface area contributed by atoms with Gasteiger partial charge in [-0.25, -0.2) is 0 Å². The Morgan fingerprint density at radius 2 is 2.31 bits per heavy atom. The van der Waals surface area contributed by atoms with Crippen LogP contribution in [0.2, 0.25) is 0 Å². The lowest BCUT2D eigenvalue weighted by Gasteiger charge is -2.19. The van der Waals surface area contributed by atoms with E-state index in [0.29, 0.717) is 11.0 Å². The summed E-state index contributed by atoms with van der Waals surface area (Å²) in [4.78, 5) is 11.2. The second-order valence-electron chi connectivity index (χ2n) is 3.74. The van der Waals surface area contributed by atoms with Gasteiger partial charge < -0.3 is 0 Å². The van der Waals surface area contributed by atoms with Crippen LogP contribution in [0.3, 0.4) is 0 Å². The Morgan fingerprint density at radius 3 is 3.00 bits per heavy atom. The minimum Gasteiger partial charge on any atom is -0.300 e. The van der Waals surface area contributed by atoms with Crippen LogP contribution in [0.4, 0.5) is 0 Å². The molecule has 0 aromatic carbocycles. The van der Waals surface area contributed by atoms with E-state index in [9.17, 15) is 4.79 Å². The summed E-state index contributed by atoms with van der Waals surface area (Å²) in [6, 6.07) is 0. The molecule has 1 unspecified atom stereocenters. The first kappa shape index (κ1) is 10.8. The van der Waals surface area contributed by atoms with Crippen molar-refractivity contribution in [3.05, 3.63) is 12.0 Å². The molecule has 1 aliphatic carbocycles. The molecule has 74 valence electrons.